The Morgan fingerprint density at radius 3 is 2.72 bits per heavy atom. The maximum atomic E-state index is 12.5. The summed E-state index contributed by atoms with van der Waals surface area (Å²) in [5.74, 6) is 0.197. The minimum Gasteiger partial charge on any atom is -0.370 e. The van der Waals surface area contributed by atoms with Crippen LogP contribution in [0.4, 0.5) is 5.69 Å². The second-order valence-electron chi connectivity index (χ2n) is 5.99. The van der Waals surface area contributed by atoms with E-state index in [9.17, 15) is 9.59 Å². The number of benzene rings is 1. The number of hydrogen-bond donors (Lipinski definition) is 2. The highest BCUT2D eigenvalue weighted by Crippen LogP contribution is 2.24. The third kappa shape index (κ3) is 5.06. The number of amides is 2. The van der Waals surface area contributed by atoms with Crippen LogP contribution in [0.25, 0.3) is 0 Å². The van der Waals surface area contributed by atoms with Gasteiger partial charge in [0, 0.05) is 25.6 Å². The standard InChI is InChI=1S/C17H23N5O2S/c1-10-5-6-11(2)13(9-10)19-16(24)12(3)25-17-21-20-15(22(17)4)8-7-14(18)23/h5-6,9,12H,7-8H2,1-4H3,(H2,18,23)(H,19,24)/t12-/m1/s1. The number of carbonyl (C=O) groups excluding carboxylic acids is 2. The van der Waals surface area contributed by atoms with Crippen molar-refractivity contribution in [3.8, 4) is 0 Å². The van der Waals surface area contributed by atoms with Crippen molar-refractivity contribution in [3.63, 3.8) is 0 Å². The summed E-state index contributed by atoms with van der Waals surface area (Å²) in [5, 5.41) is 11.4. The van der Waals surface area contributed by atoms with Crippen LogP contribution in [0, 0.1) is 13.8 Å². The van der Waals surface area contributed by atoms with Gasteiger partial charge in [-0.3, -0.25) is 9.59 Å². The Labute approximate surface area is 151 Å². The Hall–Kier alpha value is -2.35. The Morgan fingerprint density at radius 2 is 2.04 bits per heavy atom. The number of rotatable bonds is 7. The van der Waals surface area contributed by atoms with Crippen LogP contribution < -0.4 is 11.1 Å². The molecule has 0 saturated heterocycles. The second kappa shape index (κ2) is 8.15. The molecule has 0 saturated carbocycles. The van der Waals surface area contributed by atoms with E-state index in [0.29, 0.717) is 17.4 Å². The molecule has 0 unspecified atom stereocenters. The normalized spacial score (nSPS) is 12.0. The summed E-state index contributed by atoms with van der Waals surface area (Å²) >= 11 is 1.32. The molecule has 1 aromatic carbocycles. The first kappa shape index (κ1) is 19.0. The monoisotopic (exact) mass is 361 g/mol. The number of hydrogen-bond acceptors (Lipinski definition) is 5. The first-order valence-electron chi connectivity index (χ1n) is 7.99. The van der Waals surface area contributed by atoms with Crippen molar-refractivity contribution in [1.82, 2.24) is 14.8 Å². The predicted octanol–water partition coefficient (Wildman–Crippen LogP) is 1.97. The van der Waals surface area contributed by atoms with Crippen molar-refractivity contribution in [2.75, 3.05) is 5.32 Å². The van der Waals surface area contributed by atoms with Crippen molar-refractivity contribution in [2.45, 2.75) is 44.0 Å². The van der Waals surface area contributed by atoms with Crippen molar-refractivity contribution in [3.05, 3.63) is 35.2 Å². The Balaban J connectivity index is 2.01. The lowest BCUT2D eigenvalue weighted by Gasteiger charge is -2.13. The largest absolute Gasteiger partial charge is 0.370 e. The summed E-state index contributed by atoms with van der Waals surface area (Å²) in [4.78, 5) is 23.4. The number of aromatic nitrogens is 3. The van der Waals surface area contributed by atoms with Crippen LogP contribution in [-0.2, 0) is 23.1 Å². The van der Waals surface area contributed by atoms with Gasteiger partial charge in [0.2, 0.25) is 11.8 Å². The topological polar surface area (TPSA) is 103 Å². The van der Waals surface area contributed by atoms with Gasteiger partial charge < -0.3 is 15.6 Å². The molecule has 2 aromatic rings. The van der Waals surface area contributed by atoms with Crippen LogP contribution in [0.5, 0.6) is 0 Å². The van der Waals surface area contributed by atoms with Crippen LogP contribution in [0.2, 0.25) is 0 Å². The molecule has 0 aliphatic carbocycles. The molecule has 0 bridgehead atoms. The minimum atomic E-state index is -0.376. The summed E-state index contributed by atoms with van der Waals surface area (Å²) < 4.78 is 1.79. The van der Waals surface area contributed by atoms with Gasteiger partial charge in [0.15, 0.2) is 5.16 Å². The maximum absolute atomic E-state index is 12.5. The quantitative estimate of drug-likeness (QED) is 0.734. The molecule has 7 nitrogen and oxygen atoms in total. The van der Waals surface area contributed by atoms with Crippen LogP contribution in [0.3, 0.4) is 0 Å². The average molecular weight is 361 g/mol. The molecule has 0 aliphatic heterocycles. The van der Waals surface area contributed by atoms with Gasteiger partial charge in [0.25, 0.3) is 0 Å². The first-order chi connectivity index (χ1) is 11.8. The third-order valence-electron chi connectivity index (χ3n) is 3.82. The summed E-state index contributed by atoms with van der Waals surface area (Å²) in [5.41, 5.74) is 8.08. The number of nitrogens with two attached hydrogens (primary N) is 1. The lowest BCUT2D eigenvalue weighted by atomic mass is 10.1. The fourth-order valence-corrected chi connectivity index (χ4v) is 3.05. The molecule has 2 amide bonds. The molecule has 8 heteroatoms. The summed E-state index contributed by atoms with van der Waals surface area (Å²) in [7, 11) is 1.81. The van der Waals surface area contributed by atoms with Crippen molar-refractivity contribution in [2.24, 2.45) is 12.8 Å². The number of carbonyl (C=O) groups is 2. The number of thioether (sulfide) groups is 1. The molecule has 0 spiro atoms. The van der Waals surface area contributed by atoms with Gasteiger partial charge in [0.1, 0.15) is 5.82 Å². The molecule has 1 heterocycles. The minimum absolute atomic E-state index is 0.0969. The van der Waals surface area contributed by atoms with Crippen LogP contribution in [0.15, 0.2) is 23.4 Å². The number of nitrogens with zero attached hydrogens (tertiary/aromatic N) is 3. The van der Waals surface area contributed by atoms with E-state index in [0.717, 1.165) is 16.8 Å². The van der Waals surface area contributed by atoms with Gasteiger partial charge in [-0.05, 0) is 38.0 Å². The number of nitrogens with one attached hydrogen (secondary N) is 1. The van der Waals surface area contributed by atoms with Gasteiger partial charge in [-0.15, -0.1) is 10.2 Å². The smallest absolute Gasteiger partial charge is 0.237 e. The SMILES string of the molecule is Cc1ccc(C)c(NC(=O)[C@@H](C)Sc2nnc(CCC(N)=O)n2C)c1. The zero-order valence-electron chi connectivity index (χ0n) is 14.9. The summed E-state index contributed by atoms with van der Waals surface area (Å²) in [6.07, 6.45) is 0.655. The average Bonchev–Trinajstić information content (AvgIpc) is 2.89. The van der Waals surface area contributed by atoms with E-state index in [2.05, 4.69) is 15.5 Å². The first-order valence-corrected chi connectivity index (χ1v) is 8.87. The second-order valence-corrected chi connectivity index (χ2v) is 7.30. The molecule has 25 heavy (non-hydrogen) atoms. The van der Waals surface area contributed by atoms with Crippen LogP contribution >= 0.6 is 11.8 Å². The van der Waals surface area contributed by atoms with Gasteiger partial charge >= 0.3 is 0 Å². The molecule has 2 rings (SSSR count). The van der Waals surface area contributed by atoms with Gasteiger partial charge in [-0.25, -0.2) is 0 Å². The van der Waals surface area contributed by atoms with Crippen molar-refractivity contribution in [1.29, 1.82) is 0 Å². The van der Waals surface area contributed by atoms with Crippen molar-refractivity contribution < 1.29 is 9.59 Å². The van der Waals surface area contributed by atoms with E-state index in [1.165, 1.54) is 11.8 Å². The molecule has 1 aromatic heterocycles. The summed E-state index contributed by atoms with van der Waals surface area (Å²) in [6.45, 7) is 5.77. The van der Waals surface area contributed by atoms with Gasteiger partial charge in [-0.2, -0.15) is 0 Å². The zero-order chi connectivity index (χ0) is 18.6. The Morgan fingerprint density at radius 1 is 1.32 bits per heavy atom. The Kier molecular flexibility index (Phi) is 6.19. The van der Waals surface area contributed by atoms with Gasteiger partial charge in [-0.1, -0.05) is 23.9 Å². The highest BCUT2D eigenvalue weighted by Gasteiger charge is 2.19. The summed E-state index contributed by atoms with van der Waals surface area (Å²) in [6, 6.07) is 5.95. The fraction of sp³-hybridized carbons (Fsp3) is 0.412. The van der Waals surface area contributed by atoms with E-state index < -0.39 is 0 Å². The Bertz CT molecular complexity index is 787. The zero-order valence-corrected chi connectivity index (χ0v) is 15.7. The van der Waals surface area contributed by atoms with E-state index >= 15 is 0 Å². The maximum Gasteiger partial charge on any atom is 0.237 e. The third-order valence-corrected chi connectivity index (χ3v) is 4.96. The van der Waals surface area contributed by atoms with Gasteiger partial charge in [0.05, 0.1) is 5.25 Å². The molecular formula is C17H23N5O2S. The lowest BCUT2D eigenvalue weighted by molar-refractivity contribution is -0.118. The number of aryl methyl sites for hydroxylation is 3. The van der Waals surface area contributed by atoms with E-state index in [-0.39, 0.29) is 23.5 Å². The molecule has 0 radical (unpaired) electrons. The highest BCUT2D eigenvalue weighted by atomic mass is 32.2. The van der Waals surface area contributed by atoms with E-state index in [1.807, 2.05) is 46.0 Å². The molecule has 0 aliphatic rings. The highest BCUT2D eigenvalue weighted by molar-refractivity contribution is 8.00. The molecule has 0 fully saturated rings. The van der Waals surface area contributed by atoms with E-state index in [1.54, 1.807) is 4.57 Å². The fourth-order valence-electron chi connectivity index (χ4n) is 2.22. The molecule has 134 valence electrons. The predicted molar refractivity (Wildman–Crippen MR) is 98.4 cm³/mol. The number of primary amides is 1. The van der Waals surface area contributed by atoms with Crippen LogP contribution in [0.1, 0.15) is 30.3 Å². The molecule has 3 N–H and O–H groups in total. The molecule has 1 atom stereocenters. The molecular weight excluding hydrogens is 338 g/mol. The number of anilines is 1. The lowest BCUT2D eigenvalue weighted by Crippen LogP contribution is -2.23. The van der Waals surface area contributed by atoms with Crippen LogP contribution in [-0.4, -0.2) is 31.8 Å². The van der Waals surface area contributed by atoms with Crippen molar-refractivity contribution >= 4 is 29.3 Å². The van der Waals surface area contributed by atoms with E-state index in [4.69, 9.17) is 5.73 Å².